The van der Waals surface area contributed by atoms with E-state index in [-0.39, 0.29) is 0 Å². The van der Waals surface area contributed by atoms with Gasteiger partial charge >= 0.3 is 0 Å². The number of hydrogen-bond acceptors (Lipinski definition) is 2. The van der Waals surface area contributed by atoms with Crippen molar-refractivity contribution in [3.05, 3.63) is 0 Å². The molecule has 2 rings (SSSR count). The van der Waals surface area contributed by atoms with Crippen LogP contribution in [-0.4, -0.2) is 23.6 Å². The van der Waals surface area contributed by atoms with Crippen LogP contribution in [0.25, 0.3) is 0 Å². The van der Waals surface area contributed by atoms with Crippen LogP contribution in [-0.2, 0) is 0 Å². The summed E-state index contributed by atoms with van der Waals surface area (Å²) >= 11 is 2.19. The average molecular weight is 171 g/mol. The van der Waals surface area contributed by atoms with E-state index in [0.717, 1.165) is 17.2 Å². The summed E-state index contributed by atoms with van der Waals surface area (Å²) in [6, 6.07) is 0.845. The van der Waals surface area contributed by atoms with Gasteiger partial charge in [0.05, 0.1) is 0 Å². The molecule has 1 aliphatic heterocycles. The summed E-state index contributed by atoms with van der Waals surface area (Å²) in [5.74, 6) is 2.29. The topological polar surface area (TPSA) is 12.0 Å². The second-order valence-corrected chi connectivity index (χ2v) is 5.24. The van der Waals surface area contributed by atoms with Crippen molar-refractivity contribution in [1.29, 1.82) is 0 Å². The fourth-order valence-electron chi connectivity index (χ4n) is 2.22. The zero-order valence-corrected chi connectivity index (χ0v) is 7.99. The Morgan fingerprint density at radius 1 is 1.36 bits per heavy atom. The van der Waals surface area contributed by atoms with Gasteiger partial charge in [-0.3, -0.25) is 0 Å². The van der Waals surface area contributed by atoms with E-state index in [1.54, 1.807) is 0 Å². The maximum absolute atomic E-state index is 3.63. The lowest BCUT2D eigenvalue weighted by molar-refractivity contribution is 0.308. The lowest BCUT2D eigenvalue weighted by Crippen LogP contribution is -2.47. The van der Waals surface area contributed by atoms with Crippen molar-refractivity contribution in [2.24, 2.45) is 5.92 Å². The van der Waals surface area contributed by atoms with Crippen LogP contribution in [0.2, 0.25) is 0 Å². The Morgan fingerprint density at radius 2 is 2.27 bits per heavy atom. The van der Waals surface area contributed by atoms with Crippen molar-refractivity contribution < 1.29 is 0 Å². The van der Waals surface area contributed by atoms with Crippen molar-refractivity contribution in [3.63, 3.8) is 0 Å². The van der Waals surface area contributed by atoms with Gasteiger partial charge in [0.1, 0.15) is 0 Å². The van der Waals surface area contributed by atoms with Crippen LogP contribution in [0, 0.1) is 5.92 Å². The highest BCUT2D eigenvalue weighted by Crippen LogP contribution is 2.33. The van der Waals surface area contributed by atoms with E-state index in [2.05, 4.69) is 24.0 Å². The van der Waals surface area contributed by atoms with Crippen molar-refractivity contribution in [3.8, 4) is 0 Å². The number of fused-ring (bicyclic) bond motifs is 1. The molecule has 0 spiro atoms. The molecule has 2 heteroatoms. The Balaban J connectivity index is 1.93. The first-order valence-electron chi connectivity index (χ1n) is 4.71. The monoisotopic (exact) mass is 171 g/mol. The number of nitrogens with one attached hydrogen (secondary N) is 1. The second-order valence-electron chi connectivity index (χ2n) is 3.89. The van der Waals surface area contributed by atoms with Gasteiger partial charge in [-0.1, -0.05) is 6.92 Å². The molecule has 3 unspecified atom stereocenters. The summed E-state index contributed by atoms with van der Waals surface area (Å²) < 4.78 is 0. The third-order valence-corrected chi connectivity index (χ3v) is 4.32. The predicted octanol–water partition coefficient (Wildman–Crippen LogP) is 1.88. The molecule has 1 heterocycles. The van der Waals surface area contributed by atoms with Crippen LogP contribution >= 0.6 is 11.8 Å². The molecular formula is C9H17NS. The van der Waals surface area contributed by atoms with Gasteiger partial charge in [-0.25, -0.2) is 0 Å². The summed E-state index contributed by atoms with van der Waals surface area (Å²) in [7, 11) is 0. The summed E-state index contributed by atoms with van der Waals surface area (Å²) in [5.41, 5.74) is 0. The Morgan fingerprint density at radius 3 is 3.18 bits per heavy atom. The van der Waals surface area contributed by atoms with Crippen molar-refractivity contribution in [2.75, 3.05) is 12.3 Å². The third kappa shape index (κ3) is 1.73. The highest BCUT2D eigenvalue weighted by Gasteiger charge is 2.30. The summed E-state index contributed by atoms with van der Waals surface area (Å²) in [6.07, 6.45) is 4.32. The summed E-state index contributed by atoms with van der Waals surface area (Å²) in [4.78, 5) is 0. The first kappa shape index (κ1) is 7.93. The number of hydrogen-bond donors (Lipinski definition) is 1. The van der Waals surface area contributed by atoms with Crippen LogP contribution in [0.4, 0.5) is 0 Å². The Labute approximate surface area is 73.3 Å². The SMILES string of the molecule is CC1CCC2SCCNC2C1. The van der Waals surface area contributed by atoms with Crippen LogP contribution in [0.1, 0.15) is 26.2 Å². The maximum Gasteiger partial charge on any atom is 0.0201 e. The van der Waals surface area contributed by atoms with E-state index < -0.39 is 0 Å². The first-order valence-corrected chi connectivity index (χ1v) is 5.76. The van der Waals surface area contributed by atoms with Gasteiger partial charge in [-0.05, 0) is 25.2 Å². The minimum atomic E-state index is 0.845. The molecule has 1 saturated heterocycles. The largest absolute Gasteiger partial charge is 0.312 e. The van der Waals surface area contributed by atoms with Crippen molar-refractivity contribution >= 4 is 11.8 Å². The Kier molecular flexibility index (Phi) is 2.42. The number of rotatable bonds is 0. The average Bonchev–Trinajstić information content (AvgIpc) is 2.04. The molecular weight excluding hydrogens is 154 g/mol. The zero-order valence-electron chi connectivity index (χ0n) is 7.18. The molecule has 0 aromatic carbocycles. The van der Waals surface area contributed by atoms with Crippen molar-refractivity contribution in [1.82, 2.24) is 5.32 Å². The second kappa shape index (κ2) is 3.36. The quantitative estimate of drug-likeness (QED) is 0.597. The van der Waals surface area contributed by atoms with E-state index in [4.69, 9.17) is 0 Å². The molecule has 1 aliphatic carbocycles. The van der Waals surface area contributed by atoms with Gasteiger partial charge in [-0.15, -0.1) is 0 Å². The minimum Gasteiger partial charge on any atom is -0.312 e. The van der Waals surface area contributed by atoms with E-state index in [1.807, 2.05) is 0 Å². The normalized spacial score (nSPS) is 45.0. The predicted molar refractivity (Wildman–Crippen MR) is 51.1 cm³/mol. The lowest BCUT2D eigenvalue weighted by atomic mass is 9.86. The molecule has 0 aromatic heterocycles. The maximum atomic E-state index is 3.63. The van der Waals surface area contributed by atoms with Gasteiger partial charge in [0.2, 0.25) is 0 Å². The van der Waals surface area contributed by atoms with Crippen LogP contribution in [0.5, 0.6) is 0 Å². The van der Waals surface area contributed by atoms with Gasteiger partial charge in [-0.2, -0.15) is 11.8 Å². The smallest absolute Gasteiger partial charge is 0.0201 e. The third-order valence-electron chi connectivity index (χ3n) is 2.89. The summed E-state index contributed by atoms with van der Waals surface area (Å²) in [5, 5.41) is 4.57. The molecule has 0 aromatic rings. The van der Waals surface area contributed by atoms with Crippen LogP contribution < -0.4 is 5.32 Å². The van der Waals surface area contributed by atoms with Gasteiger partial charge in [0.15, 0.2) is 0 Å². The molecule has 1 nitrogen and oxygen atoms in total. The molecule has 11 heavy (non-hydrogen) atoms. The van der Waals surface area contributed by atoms with Gasteiger partial charge in [0, 0.05) is 23.6 Å². The van der Waals surface area contributed by atoms with E-state index in [9.17, 15) is 0 Å². The van der Waals surface area contributed by atoms with Crippen LogP contribution in [0.15, 0.2) is 0 Å². The van der Waals surface area contributed by atoms with E-state index >= 15 is 0 Å². The molecule has 0 radical (unpaired) electrons. The molecule has 2 fully saturated rings. The van der Waals surface area contributed by atoms with Gasteiger partial charge in [0.25, 0.3) is 0 Å². The van der Waals surface area contributed by atoms with Crippen molar-refractivity contribution in [2.45, 2.75) is 37.5 Å². The molecule has 1 saturated carbocycles. The highest BCUT2D eigenvalue weighted by atomic mass is 32.2. The molecule has 3 atom stereocenters. The Hall–Kier alpha value is 0.310. The fraction of sp³-hybridized carbons (Fsp3) is 1.00. The molecule has 0 bridgehead atoms. The molecule has 1 N–H and O–H groups in total. The number of thioether (sulfide) groups is 1. The fourth-order valence-corrected chi connectivity index (χ4v) is 3.50. The highest BCUT2D eigenvalue weighted by molar-refractivity contribution is 8.00. The van der Waals surface area contributed by atoms with Crippen LogP contribution in [0.3, 0.4) is 0 Å². The molecule has 64 valence electrons. The van der Waals surface area contributed by atoms with Gasteiger partial charge < -0.3 is 5.32 Å². The minimum absolute atomic E-state index is 0.845. The van der Waals surface area contributed by atoms with E-state index in [0.29, 0.717) is 0 Å². The first-order chi connectivity index (χ1) is 5.36. The molecule has 2 aliphatic rings. The zero-order chi connectivity index (χ0) is 7.68. The van der Waals surface area contributed by atoms with E-state index in [1.165, 1.54) is 31.6 Å². The molecule has 0 amide bonds. The standard InChI is InChI=1S/C9H17NS/c1-7-2-3-9-8(6-7)10-4-5-11-9/h7-10H,2-6H2,1H3. The summed E-state index contributed by atoms with van der Waals surface area (Å²) in [6.45, 7) is 3.62. The Bertz CT molecular complexity index is 138. The lowest BCUT2D eigenvalue weighted by Gasteiger charge is -2.38.